The third-order valence-corrected chi connectivity index (χ3v) is 19.8. The molecule has 0 aromatic heterocycles. The van der Waals surface area contributed by atoms with Crippen molar-refractivity contribution < 1.29 is 0 Å². The van der Waals surface area contributed by atoms with Gasteiger partial charge in [-0.3, -0.25) is 0 Å². The maximum absolute atomic E-state index is 2.54. The Hall–Kier alpha value is -12.9. The van der Waals surface area contributed by atoms with Crippen molar-refractivity contribution in [3.05, 3.63) is 388 Å². The molecule has 0 atom stereocenters. The zero-order valence-corrected chi connectivity index (χ0v) is 53.8. The average molecular weight is 1250 g/mol. The van der Waals surface area contributed by atoms with Gasteiger partial charge in [-0.25, -0.2) is 0 Å². The molecule has 98 heavy (non-hydrogen) atoms. The molecular formula is C96H64N2. The van der Waals surface area contributed by atoms with Crippen LogP contribution in [-0.2, 0) is 0 Å². The molecule has 0 spiro atoms. The standard InChI is InChI=1S/C96H64N2/c1-3-23-65(24-4-1)77-55-58-92(98(90-46-22-36-71-30-11-16-41-83(71)90)94-60-53-74-32-13-18-43-85(74)96(94)87-45-21-35-70-29-10-15-40-82(70)87)89(64-77)79-38-19-37-75(61-79)67-47-49-68(50-48-67)78-54-57-91(88(63-78)72-26-5-2-6-27-72)97(80-56-51-66-25-7-8-33-76(66)62-80)93-59-52-73-31-12-17-42-84(73)95(93)86-44-20-34-69-28-9-14-39-81(69)86/h1-64H. The lowest BCUT2D eigenvalue weighted by Crippen LogP contribution is -2.13. The van der Waals surface area contributed by atoms with E-state index in [0.29, 0.717) is 0 Å². The van der Waals surface area contributed by atoms with Crippen LogP contribution in [0.25, 0.3) is 143 Å². The first-order valence-corrected chi connectivity index (χ1v) is 33.8. The molecule has 18 aromatic rings. The van der Waals surface area contributed by atoms with Crippen molar-refractivity contribution in [2.75, 3.05) is 9.80 Å². The van der Waals surface area contributed by atoms with Crippen LogP contribution in [0.5, 0.6) is 0 Å². The zero-order chi connectivity index (χ0) is 64.9. The minimum atomic E-state index is 1.08. The van der Waals surface area contributed by atoms with Gasteiger partial charge < -0.3 is 9.80 Å². The fourth-order valence-corrected chi connectivity index (χ4v) is 15.1. The lowest BCUT2D eigenvalue weighted by molar-refractivity contribution is 1.29. The van der Waals surface area contributed by atoms with E-state index in [4.69, 9.17) is 0 Å². The summed E-state index contributed by atoms with van der Waals surface area (Å²) >= 11 is 0. The molecule has 0 fully saturated rings. The highest BCUT2D eigenvalue weighted by molar-refractivity contribution is 6.15. The predicted octanol–water partition coefficient (Wildman–Crippen LogP) is 27.2. The van der Waals surface area contributed by atoms with Crippen molar-refractivity contribution >= 4 is 98.8 Å². The van der Waals surface area contributed by atoms with Crippen molar-refractivity contribution in [3.63, 3.8) is 0 Å². The summed E-state index contributed by atoms with van der Waals surface area (Å²) in [7, 11) is 0. The molecule has 0 amide bonds. The largest absolute Gasteiger partial charge is 0.309 e. The predicted molar refractivity (Wildman–Crippen MR) is 419 cm³/mol. The van der Waals surface area contributed by atoms with Crippen molar-refractivity contribution in [2.24, 2.45) is 0 Å². The van der Waals surface area contributed by atoms with E-state index in [9.17, 15) is 0 Å². The van der Waals surface area contributed by atoms with Crippen LogP contribution >= 0.6 is 0 Å². The summed E-state index contributed by atoms with van der Waals surface area (Å²) < 4.78 is 0. The van der Waals surface area contributed by atoms with Crippen LogP contribution in [-0.4, -0.2) is 0 Å². The molecule has 18 rings (SSSR count). The van der Waals surface area contributed by atoms with Gasteiger partial charge in [-0.15, -0.1) is 0 Å². The fourth-order valence-electron chi connectivity index (χ4n) is 15.1. The topological polar surface area (TPSA) is 6.48 Å². The second-order valence-corrected chi connectivity index (χ2v) is 25.5. The smallest absolute Gasteiger partial charge is 0.0547 e. The van der Waals surface area contributed by atoms with E-state index in [0.717, 1.165) is 89.8 Å². The van der Waals surface area contributed by atoms with Gasteiger partial charge in [0.15, 0.2) is 0 Å². The Balaban J connectivity index is 0.788. The first-order valence-electron chi connectivity index (χ1n) is 33.8. The summed E-state index contributed by atoms with van der Waals surface area (Å²) in [5, 5.41) is 14.4. The van der Waals surface area contributed by atoms with Gasteiger partial charge in [0.25, 0.3) is 0 Å². The maximum Gasteiger partial charge on any atom is 0.0547 e. The highest BCUT2D eigenvalue weighted by Gasteiger charge is 2.27. The fraction of sp³-hybridized carbons (Fsp3) is 0. The van der Waals surface area contributed by atoms with Crippen LogP contribution in [0.4, 0.5) is 34.1 Å². The first-order chi connectivity index (χ1) is 48.6. The molecule has 2 nitrogen and oxygen atoms in total. The molecule has 0 aliphatic carbocycles. The lowest BCUT2D eigenvalue weighted by Gasteiger charge is -2.32. The minimum Gasteiger partial charge on any atom is -0.309 e. The highest BCUT2D eigenvalue weighted by Crippen LogP contribution is 2.53. The summed E-state index contributed by atoms with van der Waals surface area (Å²) in [6.45, 7) is 0. The number of hydrogen-bond acceptors (Lipinski definition) is 2. The second kappa shape index (κ2) is 24.8. The third kappa shape index (κ3) is 10.4. The number of fused-ring (bicyclic) bond motifs is 6. The molecule has 458 valence electrons. The van der Waals surface area contributed by atoms with Crippen molar-refractivity contribution in [2.45, 2.75) is 0 Å². The Morgan fingerprint density at radius 3 is 1.06 bits per heavy atom. The quantitative estimate of drug-likeness (QED) is 0.114. The van der Waals surface area contributed by atoms with Crippen molar-refractivity contribution in [1.29, 1.82) is 0 Å². The summed E-state index contributed by atoms with van der Waals surface area (Å²) in [6.07, 6.45) is 0. The summed E-state index contributed by atoms with van der Waals surface area (Å²) in [4.78, 5) is 5.05. The Morgan fingerprint density at radius 2 is 0.490 bits per heavy atom. The second-order valence-electron chi connectivity index (χ2n) is 25.5. The number of benzene rings is 18. The van der Waals surface area contributed by atoms with Crippen molar-refractivity contribution in [3.8, 4) is 77.9 Å². The molecule has 0 aliphatic rings. The van der Waals surface area contributed by atoms with Gasteiger partial charge in [0.05, 0.1) is 28.4 Å². The third-order valence-electron chi connectivity index (χ3n) is 19.8. The number of anilines is 6. The number of nitrogens with zero attached hydrogens (tertiary/aromatic N) is 2. The molecule has 0 saturated heterocycles. The Labute approximate surface area is 571 Å². The van der Waals surface area contributed by atoms with Crippen LogP contribution in [0, 0.1) is 0 Å². The van der Waals surface area contributed by atoms with E-state index in [-0.39, 0.29) is 0 Å². The summed E-state index contributed by atoms with van der Waals surface area (Å²) in [6, 6.07) is 143. The lowest BCUT2D eigenvalue weighted by atomic mass is 9.90. The molecule has 0 N–H and O–H groups in total. The first kappa shape index (κ1) is 57.8. The average Bonchev–Trinajstić information content (AvgIpc) is 0.744. The Kier molecular flexibility index (Phi) is 14.6. The Bertz CT molecular complexity index is 6050. The van der Waals surface area contributed by atoms with E-state index < -0.39 is 0 Å². The van der Waals surface area contributed by atoms with E-state index in [2.05, 4.69) is 398 Å². The van der Waals surface area contributed by atoms with Crippen LogP contribution in [0.2, 0.25) is 0 Å². The van der Waals surface area contributed by atoms with Gasteiger partial charge in [-0.1, -0.05) is 328 Å². The van der Waals surface area contributed by atoms with Crippen molar-refractivity contribution in [1.82, 2.24) is 0 Å². The summed E-state index contributed by atoms with van der Waals surface area (Å²) in [5.41, 5.74) is 22.6. The summed E-state index contributed by atoms with van der Waals surface area (Å²) in [5.74, 6) is 0. The molecule has 0 aliphatic heterocycles. The van der Waals surface area contributed by atoms with Gasteiger partial charge in [0, 0.05) is 33.3 Å². The molecule has 0 bridgehead atoms. The van der Waals surface area contributed by atoms with E-state index in [1.165, 1.54) is 86.9 Å². The highest BCUT2D eigenvalue weighted by atomic mass is 15.2. The van der Waals surface area contributed by atoms with E-state index in [1.54, 1.807) is 0 Å². The molecule has 0 heterocycles. The van der Waals surface area contributed by atoms with Crippen LogP contribution in [0.1, 0.15) is 0 Å². The van der Waals surface area contributed by atoms with Gasteiger partial charge in [-0.05, 0) is 176 Å². The Morgan fingerprint density at radius 1 is 0.143 bits per heavy atom. The number of rotatable bonds is 13. The monoisotopic (exact) mass is 1240 g/mol. The van der Waals surface area contributed by atoms with E-state index >= 15 is 0 Å². The van der Waals surface area contributed by atoms with E-state index in [1.807, 2.05) is 0 Å². The molecule has 0 radical (unpaired) electrons. The van der Waals surface area contributed by atoms with Gasteiger partial charge in [0.2, 0.25) is 0 Å². The zero-order valence-electron chi connectivity index (χ0n) is 53.8. The van der Waals surface area contributed by atoms with Crippen LogP contribution in [0.3, 0.4) is 0 Å². The molecule has 18 aromatic carbocycles. The molecule has 2 heteroatoms. The SMILES string of the molecule is c1ccc(-c2ccc(N(c3ccc4ccccc4c3-c3cccc4ccccc34)c3cccc4ccccc34)c(-c3cccc(-c4ccc(-c5ccc(N(c6ccc7ccccc7c6)c6ccc7ccccc7c6-c6cccc7ccccc67)c(-c6ccccc6)c5)cc4)c3)c2)cc1. The molecule has 0 saturated carbocycles. The van der Waals surface area contributed by atoms with Gasteiger partial charge in [-0.2, -0.15) is 0 Å². The van der Waals surface area contributed by atoms with Gasteiger partial charge >= 0.3 is 0 Å². The molecule has 0 unspecified atom stereocenters. The van der Waals surface area contributed by atoms with Crippen LogP contribution in [0.15, 0.2) is 388 Å². The van der Waals surface area contributed by atoms with Crippen LogP contribution < -0.4 is 9.80 Å². The minimum absolute atomic E-state index is 1.08. The molecular weight excluding hydrogens is 1180 g/mol. The van der Waals surface area contributed by atoms with Gasteiger partial charge in [0.1, 0.15) is 0 Å². The maximum atomic E-state index is 2.54. The number of hydrogen-bond donors (Lipinski definition) is 0. The normalized spacial score (nSPS) is 11.5.